The van der Waals surface area contributed by atoms with Crippen LogP contribution in [0.5, 0.6) is 0 Å². The topological polar surface area (TPSA) is 49.4 Å². The minimum absolute atomic E-state index is 0.120. The fraction of sp³-hybridized carbons (Fsp3) is 0.364. The van der Waals surface area contributed by atoms with E-state index in [1.165, 1.54) is 6.92 Å². The van der Waals surface area contributed by atoms with E-state index in [9.17, 15) is 9.59 Å². The van der Waals surface area contributed by atoms with Crippen LogP contribution in [0.1, 0.15) is 38.3 Å². The third-order valence-electron chi connectivity index (χ3n) is 4.35. The summed E-state index contributed by atoms with van der Waals surface area (Å²) in [6.45, 7) is 6.44. The molecular formula is C22H27ClN2O2. The van der Waals surface area contributed by atoms with E-state index < -0.39 is 6.04 Å². The molecule has 144 valence electrons. The second kappa shape index (κ2) is 10.1. The van der Waals surface area contributed by atoms with E-state index in [0.29, 0.717) is 24.5 Å². The van der Waals surface area contributed by atoms with Gasteiger partial charge in [0, 0.05) is 25.0 Å². The highest BCUT2D eigenvalue weighted by Gasteiger charge is 2.28. The van der Waals surface area contributed by atoms with Gasteiger partial charge in [-0.1, -0.05) is 67.9 Å². The van der Waals surface area contributed by atoms with Crippen molar-refractivity contribution in [2.45, 2.75) is 46.3 Å². The van der Waals surface area contributed by atoms with Crippen molar-refractivity contribution >= 4 is 23.4 Å². The smallest absolute Gasteiger partial charge is 0.243 e. The highest BCUT2D eigenvalue weighted by molar-refractivity contribution is 6.30. The van der Waals surface area contributed by atoms with E-state index in [1.807, 2.05) is 42.5 Å². The molecule has 1 atom stereocenters. The number of hydrogen-bond acceptors (Lipinski definition) is 2. The standard InChI is InChI=1S/C22H27ClN2O2/c1-16(2)13-21(22(27)24-14-18-7-5-4-6-8-18)25(17(3)26)15-19-9-11-20(23)12-10-19/h4-12,16,21H,13-15H2,1-3H3,(H,24,27). The Labute approximate surface area is 166 Å². The van der Waals surface area contributed by atoms with Gasteiger partial charge in [0.15, 0.2) is 0 Å². The first-order valence-electron chi connectivity index (χ1n) is 9.20. The molecule has 0 fully saturated rings. The molecule has 2 aromatic carbocycles. The van der Waals surface area contributed by atoms with Gasteiger partial charge in [-0.3, -0.25) is 9.59 Å². The molecule has 0 aromatic heterocycles. The number of carbonyl (C=O) groups is 2. The molecule has 0 aliphatic carbocycles. The molecule has 0 saturated heterocycles. The summed E-state index contributed by atoms with van der Waals surface area (Å²) in [4.78, 5) is 26.9. The van der Waals surface area contributed by atoms with Crippen LogP contribution in [0.2, 0.25) is 5.02 Å². The van der Waals surface area contributed by atoms with E-state index in [0.717, 1.165) is 11.1 Å². The lowest BCUT2D eigenvalue weighted by molar-refractivity contribution is -0.140. The lowest BCUT2D eigenvalue weighted by Gasteiger charge is -2.31. The van der Waals surface area contributed by atoms with E-state index in [-0.39, 0.29) is 17.7 Å². The Morgan fingerprint density at radius 2 is 1.63 bits per heavy atom. The third kappa shape index (κ3) is 6.72. The quantitative estimate of drug-likeness (QED) is 0.730. The van der Waals surface area contributed by atoms with Gasteiger partial charge in [0.1, 0.15) is 6.04 Å². The normalized spacial score (nSPS) is 11.9. The number of rotatable bonds is 8. The van der Waals surface area contributed by atoms with Gasteiger partial charge in [0.2, 0.25) is 11.8 Å². The number of hydrogen-bond donors (Lipinski definition) is 1. The molecule has 1 unspecified atom stereocenters. The number of halogens is 1. The average Bonchev–Trinajstić information content (AvgIpc) is 2.64. The maximum Gasteiger partial charge on any atom is 0.243 e. The summed E-state index contributed by atoms with van der Waals surface area (Å²) in [6.07, 6.45) is 0.605. The molecule has 0 radical (unpaired) electrons. The highest BCUT2D eigenvalue weighted by Crippen LogP contribution is 2.18. The van der Waals surface area contributed by atoms with Crippen molar-refractivity contribution in [1.29, 1.82) is 0 Å². The molecular weight excluding hydrogens is 360 g/mol. The zero-order chi connectivity index (χ0) is 19.8. The minimum atomic E-state index is -0.512. The summed E-state index contributed by atoms with van der Waals surface area (Å²) >= 11 is 5.95. The molecule has 0 aliphatic heterocycles. The number of nitrogens with one attached hydrogen (secondary N) is 1. The van der Waals surface area contributed by atoms with Gasteiger partial charge < -0.3 is 10.2 Å². The Bertz CT molecular complexity index is 745. The van der Waals surface area contributed by atoms with Crippen molar-refractivity contribution in [2.24, 2.45) is 5.92 Å². The van der Waals surface area contributed by atoms with Crippen LogP contribution in [0.15, 0.2) is 54.6 Å². The van der Waals surface area contributed by atoms with Gasteiger partial charge in [-0.05, 0) is 35.6 Å². The monoisotopic (exact) mass is 386 g/mol. The Hall–Kier alpha value is -2.33. The van der Waals surface area contributed by atoms with Crippen LogP contribution in [0.4, 0.5) is 0 Å². The van der Waals surface area contributed by atoms with Crippen LogP contribution in [0.25, 0.3) is 0 Å². The molecule has 0 bridgehead atoms. The predicted octanol–water partition coefficient (Wildman–Crippen LogP) is 4.42. The number of carbonyl (C=O) groups excluding carboxylic acids is 2. The number of nitrogens with zero attached hydrogens (tertiary/aromatic N) is 1. The summed E-state index contributed by atoms with van der Waals surface area (Å²) in [5, 5.41) is 3.63. The average molecular weight is 387 g/mol. The summed E-state index contributed by atoms with van der Waals surface area (Å²) < 4.78 is 0. The highest BCUT2D eigenvalue weighted by atomic mass is 35.5. The summed E-state index contributed by atoms with van der Waals surface area (Å²) in [6, 6.07) is 16.6. The van der Waals surface area contributed by atoms with Crippen molar-refractivity contribution in [3.05, 3.63) is 70.7 Å². The molecule has 2 amide bonds. The molecule has 4 nitrogen and oxygen atoms in total. The van der Waals surface area contributed by atoms with Gasteiger partial charge >= 0.3 is 0 Å². The van der Waals surface area contributed by atoms with Crippen LogP contribution in [-0.4, -0.2) is 22.8 Å². The zero-order valence-corrected chi connectivity index (χ0v) is 16.9. The predicted molar refractivity (Wildman–Crippen MR) is 109 cm³/mol. The molecule has 0 saturated carbocycles. The maximum absolute atomic E-state index is 12.9. The minimum Gasteiger partial charge on any atom is -0.350 e. The largest absolute Gasteiger partial charge is 0.350 e. The lowest BCUT2D eigenvalue weighted by Crippen LogP contribution is -2.49. The van der Waals surface area contributed by atoms with Gasteiger partial charge in [0.25, 0.3) is 0 Å². The molecule has 1 N–H and O–H groups in total. The van der Waals surface area contributed by atoms with Crippen molar-refractivity contribution in [3.63, 3.8) is 0 Å². The SMILES string of the molecule is CC(=O)N(Cc1ccc(Cl)cc1)C(CC(C)C)C(=O)NCc1ccccc1. The molecule has 27 heavy (non-hydrogen) atoms. The second-order valence-electron chi connectivity index (χ2n) is 7.12. The number of benzene rings is 2. The molecule has 2 rings (SSSR count). The van der Waals surface area contributed by atoms with Crippen LogP contribution >= 0.6 is 11.6 Å². The fourth-order valence-corrected chi connectivity index (χ4v) is 3.08. The first-order chi connectivity index (χ1) is 12.9. The molecule has 0 heterocycles. The van der Waals surface area contributed by atoms with Crippen LogP contribution < -0.4 is 5.32 Å². The van der Waals surface area contributed by atoms with E-state index in [4.69, 9.17) is 11.6 Å². The maximum atomic E-state index is 12.9. The lowest BCUT2D eigenvalue weighted by atomic mass is 10.0. The zero-order valence-electron chi connectivity index (χ0n) is 16.1. The molecule has 0 spiro atoms. The van der Waals surface area contributed by atoms with E-state index in [1.54, 1.807) is 17.0 Å². The van der Waals surface area contributed by atoms with Crippen molar-refractivity contribution < 1.29 is 9.59 Å². The van der Waals surface area contributed by atoms with Gasteiger partial charge in [-0.2, -0.15) is 0 Å². The van der Waals surface area contributed by atoms with Gasteiger partial charge in [-0.15, -0.1) is 0 Å². The molecule has 5 heteroatoms. The van der Waals surface area contributed by atoms with Crippen LogP contribution in [0, 0.1) is 5.92 Å². The van der Waals surface area contributed by atoms with Crippen molar-refractivity contribution in [3.8, 4) is 0 Å². The Kier molecular flexibility index (Phi) is 7.86. The third-order valence-corrected chi connectivity index (χ3v) is 4.61. The summed E-state index contributed by atoms with van der Waals surface area (Å²) in [5.74, 6) is 0.0340. The summed E-state index contributed by atoms with van der Waals surface area (Å²) in [7, 11) is 0. The molecule has 0 aliphatic rings. The number of amides is 2. The fourth-order valence-electron chi connectivity index (χ4n) is 2.95. The Morgan fingerprint density at radius 1 is 1.00 bits per heavy atom. The van der Waals surface area contributed by atoms with E-state index in [2.05, 4.69) is 19.2 Å². The van der Waals surface area contributed by atoms with Crippen molar-refractivity contribution in [1.82, 2.24) is 10.2 Å². The first-order valence-corrected chi connectivity index (χ1v) is 9.58. The molecule has 2 aromatic rings. The second-order valence-corrected chi connectivity index (χ2v) is 7.56. The van der Waals surface area contributed by atoms with Crippen LogP contribution in [-0.2, 0) is 22.7 Å². The van der Waals surface area contributed by atoms with Gasteiger partial charge in [0.05, 0.1) is 0 Å². The Morgan fingerprint density at radius 3 is 2.19 bits per heavy atom. The van der Waals surface area contributed by atoms with E-state index >= 15 is 0 Å². The van der Waals surface area contributed by atoms with Crippen molar-refractivity contribution in [2.75, 3.05) is 0 Å². The first kappa shape index (κ1) is 21.0. The Balaban J connectivity index is 2.15. The van der Waals surface area contributed by atoms with Gasteiger partial charge in [-0.25, -0.2) is 0 Å². The van der Waals surface area contributed by atoms with Crippen LogP contribution in [0.3, 0.4) is 0 Å². The summed E-state index contributed by atoms with van der Waals surface area (Å²) in [5.41, 5.74) is 1.97.